The number of hydrogen-bond acceptors (Lipinski definition) is 9. The first kappa shape index (κ1) is 21.6. The van der Waals surface area contributed by atoms with Gasteiger partial charge in [0.1, 0.15) is 12.0 Å². The van der Waals surface area contributed by atoms with E-state index in [1.165, 1.54) is 24.1 Å². The minimum atomic E-state index is -0.774. The number of aromatic hydroxyl groups is 1. The van der Waals surface area contributed by atoms with E-state index in [1.54, 1.807) is 18.5 Å². The Morgan fingerprint density at radius 3 is 2.67 bits per heavy atom. The minimum Gasteiger partial charge on any atom is -0.501 e. The summed E-state index contributed by atoms with van der Waals surface area (Å²) in [4.78, 5) is 43.6. The second-order valence-corrected chi connectivity index (χ2v) is 8.53. The SMILES string of the molecule is Cn1c(-c2nc3ccc(-c4ncccn4)cc3n2C2CCC2)nc(C(=O)Nc2cnoc2)c(O)c1=O. The molecule has 0 spiro atoms. The third-order valence-electron chi connectivity index (χ3n) is 6.33. The number of rotatable bonds is 5. The summed E-state index contributed by atoms with van der Waals surface area (Å²) in [6, 6.07) is 7.64. The van der Waals surface area contributed by atoms with E-state index >= 15 is 0 Å². The first-order valence-electron chi connectivity index (χ1n) is 11.3. The third kappa shape index (κ3) is 3.50. The number of amides is 1. The van der Waals surface area contributed by atoms with Crippen molar-refractivity contribution >= 4 is 22.6 Å². The first-order valence-corrected chi connectivity index (χ1v) is 11.3. The van der Waals surface area contributed by atoms with Crippen LogP contribution in [-0.4, -0.2) is 45.2 Å². The van der Waals surface area contributed by atoms with Crippen LogP contribution in [0.4, 0.5) is 5.69 Å². The number of carbonyl (C=O) groups excluding carboxylic acids is 1. The second kappa shape index (κ2) is 8.41. The van der Waals surface area contributed by atoms with E-state index in [0.717, 1.165) is 30.3 Å². The lowest BCUT2D eigenvalue weighted by atomic mass is 9.92. The van der Waals surface area contributed by atoms with Gasteiger partial charge in [-0.2, -0.15) is 0 Å². The average Bonchev–Trinajstić information content (AvgIpc) is 3.50. The lowest BCUT2D eigenvalue weighted by molar-refractivity contribution is 0.101. The van der Waals surface area contributed by atoms with Gasteiger partial charge in [0, 0.05) is 31.0 Å². The maximum atomic E-state index is 12.9. The number of imidazole rings is 1. The Bertz CT molecular complexity index is 1650. The zero-order valence-corrected chi connectivity index (χ0v) is 19.1. The number of anilines is 1. The van der Waals surface area contributed by atoms with Gasteiger partial charge in [0.25, 0.3) is 11.5 Å². The van der Waals surface area contributed by atoms with Crippen molar-refractivity contribution in [1.29, 1.82) is 0 Å². The average molecular weight is 484 g/mol. The molecule has 4 heterocycles. The molecule has 180 valence electrons. The zero-order chi connectivity index (χ0) is 24.8. The van der Waals surface area contributed by atoms with Gasteiger partial charge in [-0.05, 0) is 43.5 Å². The van der Waals surface area contributed by atoms with E-state index in [4.69, 9.17) is 9.51 Å². The van der Waals surface area contributed by atoms with Crippen molar-refractivity contribution in [3.05, 3.63) is 65.2 Å². The van der Waals surface area contributed by atoms with Crippen LogP contribution in [0.2, 0.25) is 0 Å². The number of carbonyl (C=O) groups is 1. The van der Waals surface area contributed by atoms with Gasteiger partial charge in [-0.25, -0.2) is 19.9 Å². The Morgan fingerprint density at radius 2 is 1.97 bits per heavy atom. The maximum Gasteiger partial charge on any atom is 0.296 e. The fourth-order valence-corrected chi connectivity index (χ4v) is 4.26. The summed E-state index contributed by atoms with van der Waals surface area (Å²) < 4.78 is 7.96. The summed E-state index contributed by atoms with van der Waals surface area (Å²) in [6.45, 7) is 0. The molecule has 0 radical (unpaired) electrons. The van der Waals surface area contributed by atoms with Crippen LogP contribution >= 0.6 is 0 Å². The highest BCUT2D eigenvalue weighted by atomic mass is 16.5. The van der Waals surface area contributed by atoms with Crippen LogP contribution in [0.3, 0.4) is 0 Å². The van der Waals surface area contributed by atoms with Crippen LogP contribution in [0, 0.1) is 0 Å². The lowest BCUT2D eigenvalue weighted by Gasteiger charge is -2.29. The predicted octanol–water partition coefficient (Wildman–Crippen LogP) is 2.92. The molecule has 0 atom stereocenters. The van der Waals surface area contributed by atoms with Crippen molar-refractivity contribution in [2.24, 2.45) is 7.05 Å². The molecule has 1 aliphatic carbocycles. The minimum absolute atomic E-state index is 0.150. The van der Waals surface area contributed by atoms with Gasteiger partial charge >= 0.3 is 0 Å². The molecular weight excluding hydrogens is 464 g/mol. The molecule has 1 fully saturated rings. The molecule has 2 N–H and O–H groups in total. The Hall–Kier alpha value is -4.87. The molecule has 1 aliphatic rings. The van der Waals surface area contributed by atoms with Crippen LogP contribution in [-0.2, 0) is 7.05 Å². The Morgan fingerprint density at radius 1 is 1.17 bits per heavy atom. The smallest absolute Gasteiger partial charge is 0.296 e. The molecule has 6 rings (SSSR count). The summed E-state index contributed by atoms with van der Waals surface area (Å²) in [7, 11) is 1.49. The van der Waals surface area contributed by atoms with Gasteiger partial charge in [-0.1, -0.05) is 5.16 Å². The molecule has 1 amide bonds. The van der Waals surface area contributed by atoms with Gasteiger partial charge in [0.05, 0.1) is 17.2 Å². The summed E-state index contributed by atoms with van der Waals surface area (Å²) in [5, 5.41) is 16.5. The van der Waals surface area contributed by atoms with Gasteiger partial charge < -0.3 is 19.5 Å². The first-order chi connectivity index (χ1) is 17.5. The topological polar surface area (TPSA) is 154 Å². The number of nitrogens with zero attached hydrogens (tertiary/aromatic N) is 7. The van der Waals surface area contributed by atoms with E-state index in [2.05, 4.69) is 25.4 Å². The van der Waals surface area contributed by atoms with Crippen LogP contribution in [0.25, 0.3) is 34.1 Å². The van der Waals surface area contributed by atoms with Crippen molar-refractivity contribution < 1.29 is 14.4 Å². The van der Waals surface area contributed by atoms with Crippen molar-refractivity contribution in [2.75, 3.05) is 5.32 Å². The number of benzene rings is 1. The van der Waals surface area contributed by atoms with E-state index in [0.29, 0.717) is 17.2 Å². The van der Waals surface area contributed by atoms with Crippen molar-refractivity contribution in [1.82, 2.24) is 34.2 Å². The summed E-state index contributed by atoms with van der Waals surface area (Å²) in [5.74, 6) is -0.354. The molecule has 0 aliphatic heterocycles. The molecule has 1 aromatic carbocycles. The highest BCUT2D eigenvalue weighted by Crippen LogP contribution is 2.39. The van der Waals surface area contributed by atoms with Crippen LogP contribution in [0.5, 0.6) is 5.75 Å². The molecule has 5 aromatic rings. The van der Waals surface area contributed by atoms with Crippen LogP contribution in [0.15, 0.2) is 58.4 Å². The van der Waals surface area contributed by atoms with Crippen LogP contribution in [0.1, 0.15) is 35.8 Å². The standard InChI is InChI=1S/C24H20N8O4/c1-31-21(30-18(19(33)24(31)35)23(34)28-14-11-27-36-12-14)22-29-16-7-6-13(20-25-8-3-9-26-20)10-17(16)32(22)15-4-2-5-15/h3,6-12,15,33H,2,4-5H2,1H3,(H,28,34). The molecule has 12 nitrogen and oxygen atoms in total. The molecule has 12 heteroatoms. The van der Waals surface area contributed by atoms with E-state index in [-0.39, 0.29) is 17.6 Å². The van der Waals surface area contributed by atoms with Crippen molar-refractivity contribution in [3.8, 4) is 28.8 Å². The third-order valence-corrected chi connectivity index (χ3v) is 6.33. The Balaban J connectivity index is 1.53. The fraction of sp³-hybridized carbons (Fsp3) is 0.208. The van der Waals surface area contributed by atoms with E-state index < -0.39 is 22.9 Å². The highest BCUT2D eigenvalue weighted by molar-refractivity contribution is 6.04. The Labute approximate surface area is 203 Å². The molecule has 0 bridgehead atoms. The largest absolute Gasteiger partial charge is 0.501 e. The molecule has 36 heavy (non-hydrogen) atoms. The maximum absolute atomic E-state index is 12.9. The van der Waals surface area contributed by atoms with Gasteiger partial charge in [-0.3, -0.25) is 14.2 Å². The second-order valence-electron chi connectivity index (χ2n) is 8.53. The van der Waals surface area contributed by atoms with Crippen molar-refractivity contribution in [2.45, 2.75) is 25.3 Å². The molecule has 0 saturated heterocycles. The van der Waals surface area contributed by atoms with Crippen molar-refractivity contribution in [3.63, 3.8) is 0 Å². The molecular formula is C24H20N8O4. The van der Waals surface area contributed by atoms with Crippen LogP contribution < -0.4 is 10.9 Å². The lowest BCUT2D eigenvalue weighted by Crippen LogP contribution is -2.27. The molecule has 0 unspecified atom stereocenters. The summed E-state index contributed by atoms with van der Waals surface area (Å²) in [6.07, 6.45) is 8.84. The monoisotopic (exact) mass is 484 g/mol. The van der Waals surface area contributed by atoms with Gasteiger partial charge in [0.2, 0.25) is 5.75 Å². The number of nitrogens with one attached hydrogen (secondary N) is 1. The normalized spacial score (nSPS) is 13.6. The Kier molecular flexibility index (Phi) is 5.06. The van der Waals surface area contributed by atoms with Gasteiger partial charge in [-0.15, -0.1) is 0 Å². The molecule has 1 saturated carbocycles. The van der Waals surface area contributed by atoms with E-state index in [9.17, 15) is 14.7 Å². The van der Waals surface area contributed by atoms with Gasteiger partial charge in [0.15, 0.2) is 23.2 Å². The fourth-order valence-electron chi connectivity index (χ4n) is 4.26. The number of hydrogen-bond donors (Lipinski definition) is 2. The molecule has 4 aromatic heterocycles. The quantitative estimate of drug-likeness (QED) is 0.383. The summed E-state index contributed by atoms with van der Waals surface area (Å²) >= 11 is 0. The summed E-state index contributed by atoms with van der Waals surface area (Å²) in [5.41, 5.74) is 1.46. The van der Waals surface area contributed by atoms with E-state index in [1.807, 2.05) is 22.8 Å². The highest BCUT2D eigenvalue weighted by Gasteiger charge is 2.29. The predicted molar refractivity (Wildman–Crippen MR) is 128 cm³/mol. The number of fused-ring (bicyclic) bond motifs is 1. The zero-order valence-electron chi connectivity index (χ0n) is 19.1. The number of aromatic nitrogens is 7.